The molecule has 0 amide bonds. The molecule has 0 saturated carbocycles. The van der Waals surface area contributed by atoms with E-state index >= 15 is 0 Å². The Morgan fingerprint density at radius 3 is 2.81 bits per heavy atom. The van der Waals surface area contributed by atoms with Gasteiger partial charge in [0.25, 0.3) is 0 Å². The summed E-state index contributed by atoms with van der Waals surface area (Å²) < 4.78 is 4.91. The number of thiazole rings is 1. The van der Waals surface area contributed by atoms with Gasteiger partial charge < -0.3 is 10.1 Å². The summed E-state index contributed by atoms with van der Waals surface area (Å²) in [5, 5.41) is 6.14. The van der Waals surface area contributed by atoms with Crippen LogP contribution in [0.1, 0.15) is 58.6 Å². The molecule has 0 aromatic carbocycles. The van der Waals surface area contributed by atoms with Crippen LogP contribution in [0.3, 0.4) is 0 Å². The highest BCUT2D eigenvalue weighted by molar-refractivity contribution is 7.13. The van der Waals surface area contributed by atoms with E-state index in [-0.39, 0.29) is 12.4 Å². The van der Waals surface area contributed by atoms with E-state index in [1.54, 1.807) is 11.3 Å². The first kappa shape index (κ1) is 18.0. The Bertz CT molecular complexity index is 405. The van der Waals surface area contributed by atoms with Crippen LogP contribution in [0.2, 0.25) is 0 Å². The van der Waals surface area contributed by atoms with Crippen molar-refractivity contribution in [2.45, 2.75) is 59.3 Å². The molecule has 21 heavy (non-hydrogen) atoms. The van der Waals surface area contributed by atoms with Crippen molar-refractivity contribution in [2.75, 3.05) is 18.5 Å². The Hall–Kier alpha value is -1.10. The average molecular weight is 312 g/mol. The maximum absolute atomic E-state index is 11.4. The van der Waals surface area contributed by atoms with Crippen molar-refractivity contribution in [3.05, 3.63) is 11.1 Å². The Balaban J connectivity index is 2.10. The molecule has 0 radical (unpaired) electrons. The van der Waals surface area contributed by atoms with Gasteiger partial charge in [0, 0.05) is 11.9 Å². The molecule has 0 aliphatic rings. The van der Waals surface area contributed by atoms with Crippen LogP contribution in [0.25, 0.3) is 0 Å². The van der Waals surface area contributed by atoms with Gasteiger partial charge in [-0.15, -0.1) is 11.3 Å². The molecule has 0 bridgehead atoms. The molecule has 1 heterocycles. The summed E-state index contributed by atoms with van der Waals surface area (Å²) in [6, 6.07) is 0. The number of aromatic nitrogens is 1. The lowest BCUT2D eigenvalue weighted by Crippen LogP contribution is -2.08. The lowest BCUT2D eigenvalue weighted by molar-refractivity contribution is -0.142. The predicted molar refractivity (Wildman–Crippen MR) is 88.9 cm³/mol. The normalized spacial score (nSPS) is 10.9. The zero-order chi connectivity index (χ0) is 15.5. The quantitative estimate of drug-likeness (QED) is 0.490. The largest absolute Gasteiger partial charge is 0.466 e. The van der Waals surface area contributed by atoms with E-state index < -0.39 is 0 Å². The van der Waals surface area contributed by atoms with Crippen molar-refractivity contribution in [3.8, 4) is 0 Å². The van der Waals surface area contributed by atoms with Gasteiger partial charge in [0.1, 0.15) is 0 Å². The van der Waals surface area contributed by atoms with Crippen molar-refractivity contribution in [2.24, 2.45) is 5.92 Å². The lowest BCUT2D eigenvalue weighted by Gasteiger charge is -2.05. The average Bonchev–Trinajstić information content (AvgIpc) is 2.85. The molecule has 5 heteroatoms. The Labute approximate surface area is 132 Å². The molecule has 4 nitrogen and oxygen atoms in total. The first-order chi connectivity index (χ1) is 10.1. The molecule has 120 valence electrons. The van der Waals surface area contributed by atoms with Crippen molar-refractivity contribution in [1.29, 1.82) is 0 Å². The lowest BCUT2D eigenvalue weighted by atomic mass is 10.0. The fourth-order valence-electron chi connectivity index (χ4n) is 2.06. The number of nitrogens with zero attached hydrogens (tertiary/aromatic N) is 1. The third-order valence-corrected chi connectivity index (χ3v) is 4.02. The van der Waals surface area contributed by atoms with Crippen molar-refractivity contribution >= 4 is 22.4 Å². The summed E-state index contributed by atoms with van der Waals surface area (Å²) in [6.07, 6.45) is 6.68. The second kappa shape index (κ2) is 10.6. The number of hydrogen-bond acceptors (Lipinski definition) is 5. The van der Waals surface area contributed by atoms with Gasteiger partial charge in [0.05, 0.1) is 18.7 Å². The summed E-state index contributed by atoms with van der Waals surface area (Å²) in [5.74, 6) is 0.607. The molecule has 1 aromatic rings. The van der Waals surface area contributed by atoms with Crippen LogP contribution >= 0.6 is 11.3 Å². The van der Waals surface area contributed by atoms with E-state index in [0.29, 0.717) is 6.61 Å². The molecule has 0 aliphatic heterocycles. The maximum Gasteiger partial charge on any atom is 0.311 e. The second-order valence-electron chi connectivity index (χ2n) is 5.65. The first-order valence-corrected chi connectivity index (χ1v) is 8.83. The van der Waals surface area contributed by atoms with E-state index in [2.05, 4.69) is 24.1 Å². The minimum Gasteiger partial charge on any atom is -0.466 e. The number of carbonyl (C=O) groups is 1. The van der Waals surface area contributed by atoms with Gasteiger partial charge in [-0.3, -0.25) is 4.79 Å². The van der Waals surface area contributed by atoms with Gasteiger partial charge in [-0.25, -0.2) is 4.98 Å². The highest BCUT2D eigenvalue weighted by Gasteiger charge is 2.07. The molecule has 1 rings (SSSR count). The van der Waals surface area contributed by atoms with E-state index in [1.165, 1.54) is 32.1 Å². The molecule has 0 fully saturated rings. The van der Waals surface area contributed by atoms with Crippen LogP contribution < -0.4 is 5.32 Å². The number of ether oxygens (including phenoxy) is 1. The number of rotatable bonds is 11. The minimum atomic E-state index is -0.209. The van der Waals surface area contributed by atoms with Crippen molar-refractivity contribution in [1.82, 2.24) is 4.98 Å². The summed E-state index contributed by atoms with van der Waals surface area (Å²) in [6.45, 7) is 7.74. The standard InChI is InChI=1S/C16H28N2O2S/c1-4-20-15(19)11-14-12-21-16(18-14)17-10-8-6-5-7-9-13(2)3/h12-13H,4-11H2,1-3H3,(H,17,18). The first-order valence-electron chi connectivity index (χ1n) is 7.95. The van der Waals surface area contributed by atoms with Crippen LogP contribution in [0.4, 0.5) is 5.13 Å². The zero-order valence-electron chi connectivity index (χ0n) is 13.5. The Kier molecular flexibility index (Phi) is 9.06. The van der Waals surface area contributed by atoms with Gasteiger partial charge in [0.15, 0.2) is 5.13 Å². The minimum absolute atomic E-state index is 0.209. The molecule has 0 atom stereocenters. The number of unbranched alkanes of at least 4 members (excludes halogenated alkanes) is 3. The number of hydrogen-bond donors (Lipinski definition) is 1. The molecule has 1 N–H and O–H groups in total. The molecule has 0 unspecified atom stereocenters. The second-order valence-corrected chi connectivity index (χ2v) is 6.51. The zero-order valence-corrected chi connectivity index (χ0v) is 14.3. The molecular weight excluding hydrogens is 284 g/mol. The maximum atomic E-state index is 11.4. The number of carbonyl (C=O) groups excluding carboxylic acids is 1. The third-order valence-electron chi connectivity index (χ3n) is 3.17. The van der Waals surface area contributed by atoms with E-state index in [0.717, 1.165) is 23.3 Å². The SMILES string of the molecule is CCOC(=O)Cc1csc(NCCCCCCC(C)C)n1. The summed E-state index contributed by atoms with van der Waals surface area (Å²) in [7, 11) is 0. The predicted octanol–water partition coefficient (Wildman–Crippen LogP) is 4.27. The van der Waals surface area contributed by atoms with Crippen molar-refractivity contribution < 1.29 is 9.53 Å². The van der Waals surface area contributed by atoms with Crippen LogP contribution in [-0.2, 0) is 16.0 Å². The number of anilines is 1. The van der Waals surface area contributed by atoms with Gasteiger partial charge in [-0.2, -0.15) is 0 Å². The van der Waals surface area contributed by atoms with Gasteiger partial charge in [0.2, 0.25) is 0 Å². The smallest absolute Gasteiger partial charge is 0.311 e. The summed E-state index contributed by atoms with van der Waals surface area (Å²) >= 11 is 1.55. The summed E-state index contributed by atoms with van der Waals surface area (Å²) in [5.41, 5.74) is 0.790. The van der Waals surface area contributed by atoms with E-state index in [9.17, 15) is 4.79 Å². The Morgan fingerprint density at radius 1 is 1.33 bits per heavy atom. The molecule has 0 saturated heterocycles. The fraction of sp³-hybridized carbons (Fsp3) is 0.750. The topological polar surface area (TPSA) is 51.2 Å². The van der Waals surface area contributed by atoms with Gasteiger partial charge in [-0.05, 0) is 19.3 Å². The molecule has 1 aromatic heterocycles. The highest BCUT2D eigenvalue weighted by Crippen LogP contribution is 2.16. The van der Waals surface area contributed by atoms with Gasteiger partial charge in [-0.1, -0.05) is 39.5 Å². The van der Waals surface area contributed by atoms with Crippen molar-refractivity contribution in [3.63, 3.8) is 0 Å². The molecular formula is C16H28N2O2S. The van der Waals surface area contributed by atoms with Crippen LogP contribution in [-0.4, -0.2) is 24.1 Å². The Morgan fingerprint density at radius 2 is 2.10 bits per heavy atom. The number of esters is 1. The monoisotopic (exact) mass is 312 g/mol. The van der Waals surface area contributed by atoms with Gasteiger partial charge >= 0.3 is 5.97 Å². The molecule has 0 aliphatic carbocycles. The fourth-order valence-corrected chi connectivity index (χ4v) is 2.79. The van der Waals surface area contributed by atoms with E-state index in [1.807, 2.05) is 12.3 Å². The number of nitrogens with one attached hydrogen (secondary N) is 1. The summed E-state index contributed by atoms with van der Waals surface area (Å²) in [4.78, 5) is 15.7. The van der Waals surface area contributed by atoms with Crippen LogP contribution in [0, 0.1) is 5.92 Å². The third kappa shape index (κ3) is 8.71. The van der Waals surface area contributed by atoms with Crippen LogP contribution in [0.5, 0.6) is 0 Å². The van der Waals surface area contributed by atoms with E-state index in [4.69, 9.17) is 4.74 Å². The molecule has 0 spiro atoms. The highest BCUT2D eigenvalue weighted by atomic mass is 32.1. The van der Waals surface area contributed by atoms with Crippen LogP contribution in [0.15, 0.2) is 5.38 Å².